The molecule has 0 unspecified atom stereocenters. The molecule has 7 heteroatoms. The fourth-order valence-electron chi connectivity index (χ4n) is 0.893. The molecule has 2 heterocycles. The lowest BCUT2D eigenvalue weighted by molar-refractivity contribution is 0.713. The second-order valence-corrected chi connectivity index (χ2v) is 3.31. The Labute approximate surface area is 78.6 Å². The fraction of sp³-hybridized carbons (Fsp3) is 0.333. The molecular weight excluding hydrogens is 188 g/mol. The zero-order valence-electron chi connectivity index (χ0n) is 7.01. The molecule has 0 aliphatic heterocycles. The summed E-state index contributed by atoms with van der Waals surface area (Å²) in [6.45, 7) is 0.628. The third kappa shape index (κ3) is 2.00. The van der Waals surface area contributed by atoms with Crippen LogP contribution in [0, 0.1) is 0 Å². The summed E-state index contributed by atoms with van der Waals surface area (Å²) in [5.41, 5.74) is 2.57. The molecule has 0 bridgehead atoms. The lowest BCUT2D eigenvalue weighted by Crippen LogP contribution is -1.99. The van der Waals surface area contributed by atoms with Gasteiger partial charge in [-0.3, -0.25) is 4.68 Å². The summed E-state index contributed by atoms with van der Waals surface area (Å²) in [6, 6.07) is 0. The van der Waals surface area contributed by atoms with Crippen LogP contribution in [-0.4, -0.2) is 25.2 Å². The quantitative estimate of drug-likeness (QED) is 0.763. The molecule has 13 heavy (non-hydrogen) atoms. The van der Waals surface area contributed by atoms with Gasteiger partial charge in [0.15, 0.2) is 0 Å². The van der Waals surface area contributed by atoms with Crippen molar-refractivity contribution in [3.8, 4) is 0 Å². The molecule has 68 valence electrons. The number of nitrogens with one attached hydrogen (secondary N) is 1. The molecule has 0 aliphatic rings. The largest absolute Gasteiger partial charge is 0.354 e. The van der Waals surface area contributed by atoms with E-state index in [1.807, 2.05) is 13.2 Å². The van der Waals surface area contributed by atoms with Crippen LogP contribution in [0.15, 0.2) is 11.7 Å². The van der Waals surface area contributed by atoms with E-state index in [0.717, 1.165) is 10.8 Å². The van der Waals surface area contributed by atoms with Gasteiger partial charge in [0, 0.05) is 13.2 Å². The highest BCUT2D eigenvalue weighted by Crippen LogP contribution is 2.08. The van der Waals surface area contributed by atoms with E-state index in [9.17, 15) is 0 Å². The minimum absolute atomic E-state index is 0.628. The minimum Gasteiger partial charge on any atom is -0.354 e. The molecule has 2 aromatic rings. The average Bonchev–Trinajstić information content (AvgIpc) is 2.71. The van der Waals surface area contributed by atoms with Crippen molar-refractivity contribution in [2.45, 2.75) is 6.54 Å². The van der Waals surface area contributed by atoms with E-state index in [-0.39, 0.29) is 0 Å². The molecule has 0 aliphatic carbocycles. The van der Waals surface area contributed by atoms with E-state index in [2.05, 4.69) is 25.8 Å². The standard InChI is InChI=1S/C6H8N6S/c1-12-3-5(9-11-12)2-7-6-10-8-4-13-6/h3-4H,2H2,1H3,(H,7,10). The summed E-state index contributed by atoms with van der Waals surface area (Å²) in [4.78, 5) is 0. The normalized spacial score (nSPS) is 10.2. The first-order valence-corrected chi connectivity index (χ1v) is 4.58. The monoisotopic (exact) mass is 196 g/mol. The summed E-state index contributed by atoms with van der Waals surface area (Å²) in [5, 5.41) is 19.2. The van der Waals surface area contributed by atoms with Crippen molar-refractivity contribution in [1.29, 1.82) is 0 Å². The molecule has 0 fully saturated rings. The summed E-state index contributed by atoms with van der Waals surface area (Å²) in [7, 11) is 1.83. The van der Waals surface area contributed by atoms with Gasteiger partial charge in [-0.2, -0.15) is 0 Å². The number of nitrogens with zero attached hydrogens (tertiary/aromatic N) is 5. The molecule has 0 saturated carbocycles. The summed E-state index contributed by atoms with van der Waals surface area (Å²) < 4.78 is 1.66. The number of hydrogen-bond acceptors (Lipinski definition) is 6. The Morgan fingerprint density at radius 1 is 1.54 bits per heavy atom. The van der Waals surface area contributed by atoms with Gasteiger partial charge < -0.3 is 5.32 Å². The third-order valence-electron chi connectivity index (χ3n) is 1.43. The van der Waals surface area contributed by atoms with Gasteiger partial charge in [-0.25, -0.2) is 0 Å². The molecule has 0 saturated heterocycles. The highest BCUT2D eigenvalue weighted by atomic mass is 32.1. The predicted octanol–water partition coefficient (Wildman–Crippen LogP) is 0.279. The highest BCUT2D eigenvalue weighted by molar-refractivity contribution is 7.13. The van der Waals surface area contributed by atoms with Crippen LogP contribution < -0.4 is 5.32 Å². The van der Waals surface area contributed by atoms with Gasteiger partial charge in [0.1, 0.15) is 11.2 Å². The van der Waals surface area contributed by atoms with Crippen LogP contribution in [0.4, 0.5) is 5.13 Å². The first-order valence-electron chi connectivity index (χ1n) is 3.70. The Hall–Kier alpha value is -1.50. The van der Waals surface area contributed by atoms with Crippen LogP contribution in [0.25, 0.3) is 0 Å². The predicted molar refractivity (Wildman–Crippen MR) is 48.2 cm³/mol. The maximum absolute atomic E-state index is 3.92. The van der Waals surface area contributed by atoms with Crippen molar-refractivity contribution in [1.82, 2.24) is 25.2 Å². The molecule has 2 aromatic heterocycles. The Bertz CT molecular complexity index is 366. The summed E-state index contributed by atoms with van der Waals surface area (Å²) in [6.07, 6.45) is 1.86. The Morgan fingerprint density at radius 2 is 2.46 bits per heavy atom. The van der Waals surface area contributed by atoms with Gasteiger partial charge in [0.05, 0.1) is 6.54 Å². The van der Waals surface area contributed by atoms with E-state index in [0.29, 0.717) is 6.54 Å². The van der Waals surface area contributed by atoms with Gasteiger partial charge in [-0.1, -0.05) is 16.6 Å². The molecule has 0 atom stereocenters. The summed E-state index contributed by atoms with van der Waals surface area (Å²) >= 11 is 1.46. The number of aryl methyl sites for hydroxylation is 1. The van der Waals surface area contributed by atoms with Crippen molar-refractivity contribution in [3.63, 3.8) is 0 Å². The maximum Gasteiger partial charge on any atom is 0.205 e. The van der Waals surface area contributed by atoms with Crippen molar-refractivity contribution in [2.75, 3.05) is 5.32 Å². The van der Waals surface area contributed by atoms with E-state index in [1.165, 1.54) is 11.3 Å². The Balaban J connectivity index is 1.93. The Kier molecular flexibility index (Phi) is 2.17. The van der Waals surface area contributed by atoms with Gasteiger partial charge in [0.2, 0.25) is 5.13 Å². The first kappa shape index (κ1) is 8.11. The van der Waals surface area contributed by atoms with Crippen molar-refractivity contribution in [2.24, 2.45) is 7.05 Å². The van der Waals surface area contributed by atoms with E-state index >= 15 is 0 Å². The number of rotatable bonds is 3. The SMILES string of the molecule is Cn1cc(CNc2nncs2)nn1. The van der Waals surface area contributed by atoms with Crippen molar-refractivity contribution >= 4 is 16.5 Å². The molecule has 0 radical (unpaired) electrons. The molecular formula is C6H8N6S. The molecule has 2 rings (SSSR count). The topological polar surface area (TPSA) is 68.5 Å². The fourth-order valence-corrected chi connectivity index (χ4v) is 1.34. The first-order chi connectivity index (χ1) is 6.34. The average molecular weight is 196 g/mol. The Morgan fingerprint density at radius 3 is 3.08 bits per heavy atom. The zero-order chi connectivity index (χ0) is 9.10. The van der Waals surface area contributed by atoms with Gasteiger partial charge in [-0.05, 0) is 0 Å². The molecule has 0 aromatic carbocycles. The highest BCUT2D eigenvalue weighted by Gasteiger charge is 1.99. The number of anilines is 1. The molecule has 0 spiro atoms. The van der Waals surface area contributed by atoms with Crippen LogP contribution in [-0.2, 0) is 13.6 Å². The van der Waals surface area contributed by atoms with Gasteiger partial charge in [0.25, 0.3) is 0 Å². The van der Waals surface area contributed by atoms with E-state index in [4.69, 9.17) is 0 Å². The van der Waals surface area contributed by atoms with Crippen LogP contribution in [0.1, 0.15) is 5.69 Å². The molecule has 1 N–H and O–H groups in total. The second-order valence-electron chi connectivity index (χ2n) is 2.48. The van der Waals surface area contributed by atoms with E-state index in [1.54, 1.807) is 10.2 Å². The second kappa shape index (κ2) is 3.48. The molecule has 0 amide bonds. The zero-order valence-corrected chi connectivity index (χ0v) is 7.82. The number of aromatic nitrogens is 5. The maximum atomic E-state index is 3.92. The van der Waals surface area contributed by atoms with Gasteiger partial charge in [-0.15, -0.1) is 15.3 Å². The van der Waals surface area contributed by atoms with Crippen LogP contribution in [0.5, 0.6) is 0 Å². The van der Waals surface area contributed by atoms with E-state index < -0.39 is 0 Å². The third-order valence-corrected chi connectivity index (χ3v) is 2.08. The minimum atomic E-state index is 0.628. The lowest BCUT2D eigenvalue weighted by atomic mass is 10.5. The van der Waals surface area contributed by atoms with Crippen LogP contribution in [0.2, 0.25) is 0 Å². The molecule has 6 nitrogen and oxygen atoms in total. The van der Waals surface area contributed by atoms with Gasteiger partial charge >= 0.3 is 0 Å². The smallest absolute Gasteiger partial charge is 0.205 e. The van der Waals surface area contributed by atoms with Crippen LogP contribution >= 0.6 is 11.3 Å². The van der Waals surface area contributed by atoms with Crippen molar-refractivity contribution in [3.05, 3.63) is 17.4 Å². The van der Waals surface area contributed by atoms with Crippen molar-refractivity contribution < 1.29 is 0 Å². The lowest BCUT2D eigenvalue weighted by Gasteiger charge is -1.95. The number of hydrogen-bond donors (Lipinski definition) is 1. The van der Waals surface area contributed by atoms with Crippen LogP contribution in [0.3, 0.4) is 0 Å². The summed E-state index contributed by atoms with van der Waals surface area (Å²) in [5.74, 6) is 0.